The second kappa shape index (κ2) is 24.0. The van der Waals surface area contributed by atoms with E-state index in [1.165, 1.54) is 5.57 Å². The summed E-state index contributed by atoms with van der Waals surface area (Å²) in [6, 6.07) is 9.65. The normalized spacial score (nSPS) is 28.4. The van der Waals surface area contributed by atoms with Crippen LogP contribution in [0, 0.1) is 5.92 Å². The van der Waals surface area contributed by atoms with Crippen LogP contribution in [0.2, 0.25) is 54.4 Å². The largest absolute Gasteiger partial charge is 0.483 e. The Morgan fingerprint density at radius 1 is 0.897 bits per heavy atom. The van der Waals surface area contributed by atoms with Crippen LogP contribution in [0.5, 0.6) is 0 Å². The van der Waals surface area contributed by atoms with Gasteiger partial charge in [0.1, 0.15) is 18.0 Å². The number of cyclic esters (lactones) is 1. The summed E-state index contributed by atoms with van der Waals surface area (Å²) >= 11 is 0. The SMILES string of the molecule is CCC(O[Si](CC)(CC)CC)/C(C)=C1/OC1CC(C)(CC/C=C(\C)C1OC(=O)CC(O[Si](CC)(CC)CC)CCC(C)(OC)C(O)/C=C/C1C)O[Si](CC)(CC)CC. The third kappa shape index (κ3) is 14.2. The maximum absolute atomic E-state index is 13.9. The Balaban J connectivity index is 2.44. The zero-order valence-corrected chi connectivity index (χ0v) is 43.3. The topological polar surface area (TPSA) is 96.0 Å². The second-order valence-electron chi connectivity index (χ2n) is 18.2. The minimum atomic E-state index is -2.01. The molecule has 0 aromatic rings. The average molecular weight is 867 g/mol. The van der Waals surface area contributed by atoms with Crippen LogP contribution in [0.1, 0.15) is 149 Å². The maximum Gasteiger partial charge on any atom is 0.308 e. The molecule has 0 spiro atoms. The number of hydrogen-bond acceptors (Lipinski definition) is 8. The minimum Gasteiger partial charge on any atom is -0.483 e. The van der Waals surface area contributed by atoms with Gasteiger partial charge in [-0.15, -0.1) is 0 Å². The van der Waals surface area contributed by atoms with Gasteiger partial charge in [-0.1, -0.05) is 94.4 Å². The number of aliphatic hydroxyl groups is 1. The predicted molar refractivity (Wildman–Crippen MR) is 250 cm³/mol. The number of hydrogen-bond donors (Lipinski definition) is 1. The molecule has 8 atom stereocenters. The lowest BCUT2D eigenvalue weighted by atomic mass is 9.88. The summed E-state index contributed by atoms with van der Waals surface area (Å²) in [5.74, 6) is 0.703. The Morgan fingerprint density at radius 2 is 1.45 bits per heavy atom. The number of carbonyl (C=O) groups excluding carboxylic acids is 1. The van der Waals surface area contributed by atoms with Gasteiger partial charge in [-0.2, -0.15) is 0 Å². The third-order valence-corrected chi connectivity index (χ3v) is 28.9. The Bertz CT molecular complexity index is 1310. The smallest absolute Gasteiger partial charge is 0.308 e. The molecule has 8 nitrogen and oxygen atoms in total. The van der Waals surface area contributed by atoms with Crippen LogP contribution in [0.3, 0.4) is 0 Å². The van der Waals surface area contributed by atoms with Gasteiger partial charge in [-0.05, 0) is 125 Å². The van der Waals surface area contributed by atoms with Gasteiger partial charge in [0, 0.05) is 19.4 Å². The van der Waals surface area contributed by atoms with Gasteiger partial charge in [-0.25, -0.2) is 0 Å². The van der Waals surface area contributed by atoms with Crippen molar-refractivity contribution in [1.82, 2.24) is 0 Å². The summed E-state index contributed by atoms with van der Waals surface area (Å²) in [7, 11) is -4.09. The Labute approximate surface area is 360 Å². The van der Waals surface area contributed by atoms with Crippen molar-refractivity contribution in [2.75, 3.05) is 7.11 Å². The molecule has 2 rings (SSSR count). The quantitative estimate of drug-likeness (QED) is 0.0444. The number of methoxy groups -OCH3 is 1. The van der Waals surface area contributed by atoms with Crippen molar-refractivity contribution in [2.24, 2.45) is 5.92 Å². The van der Waals surface area contributed by atoms with Crippen molar-refractivity contribution >= 4 is 30.9 Å². The summed E-state index contributed by atoms with van der Waals surface area (Å²) in [6.45, 7) is 33.2. The molecule has 0 saturated carbocycles. The summed E-state index contributed by atoms with van der Waals surface area (Å²) < 4.78 is 40.0. The molecule has 0 amide bonds. The summed E-state index contributed by atoms with van der Waals surface area (Å²) in [5, 5.41) is 11.4. The molecule has 2 heterocycles. The first kappa shape index (κ1) is 53.1. The van der Waals surface area contributed by atoms with E-state index in [4.69, 9.17) is 27.5 Å². The van der Waals surface area contributed by atoms with Gasteiger partial charge in [0.2, 0.25) is 0 Å². The molecular formula is C47H90O8Si3. The van der Waals surface area contributed by atoms with Gasteiger partial charge in [0.15, 0.2) is 31.1 Å². The molecule has 1 N–H and O–H groups in total. The predicted octanol–water partition coefficient (Wildman–Crippen LogP) is 12.8. The highest BCUT2D eigenvalue weighted by molar-refractivity contribution is 6.74. The van der Waals surface area contributed by atoms with Gasteiger partial charge >= 0.3 is 5.97 Å². The zero-order chi connectivity index (χ0) is 44.0. The molecule has 338 valence electrons. The zero-order valence-electron chi connectivity index (χ0n) is 40.3. The van der Waals surface area contributed by atoms with Gasteiger partial charge in [0.25, 0.3) is 0 Å². The van der Waals surface area contributed by atoms with Crippen LogP contribution in [-0.2, 0) is 32.3 Å². The molecule has 0 aliphatic carbocycles. The van der Waals surface area contributed by atoms with Gasteiger partial charge in [-0.3, -0.25) is 4.79 Å². The molecule has 8 unspecified atom stereocenters. The molecule has 1 saturated heterocycles. The molecule has 58 heavy (non-hydrogen) atoms. The molecule has 1 fully saturated rings. The van der Waals surface area contributed by atoms with Crippen LogP contribution < -0.4 is 0 Å². The Kier molecular flexibility index (Phi) is 21.9. The number of rotatable bonds is 24. The van der Waals surface area contributed by atoms with Crippen LogP contribution in [0.25, 0.3) is 0 Å². The minimum absolute atomic E-state index is 0.0395. The van der Waals surface area contributed by atoms with E-state index in [-0.39, 0.29) is 42.2 Å². The molecule has 2 aliphatic rings. The fourth-order valence-electron chi connectivity index (χ4n) is 9.29. The molecule has 0 bridgehead atoms. The fourth-order valence-corrected chi connectivity index (χ4v) is 18.3. The first-order valence-electron chi connectivity index (χ1n) is 23.6. The lowest BCUT2D eigenvalue weighted by Gasteiger charge is -2.40. The van der Waals surface area contributed by atoms with Crippen molar-refractivity contribution in [3.8, 4) is 0 Å². The van der Waals surface area contributed by atoms with E-state index in [1.807, 2.05) is 19.1 Å². The number of allylic oxidation sites excluding steroid dienone is 1. The van der Waals surface area contributed by atoms with E-state index in [2.05, 4.69) is 103 Å². The van der Waals surface area contributed by atoms with E-state index >= 15 is 0 Å². The van der Waals surface area contributed by atoms with Crippen LogP contribution in [0.15, 0.2) is 35.1 Å². The standard InChI is InChI=1S/C47H90O8Si3/c1-17-40(54-57(21-5,22-6)23-7)38(13)45-41(51-45)35-46(14,55-58(24-8,25-9)26-10)32-27-28-36(11)44-37(12)29-30-42(48)47(15,50-16)33-31-39(34-43(49)52-44)53-56(18-2,19-3)20-4/h28-30,37,39-42,44,48H,17-27,31-35H2,1-16H3/b30-29+,36-28+,45-38+. The van der Waals surface area contributed by atoms with Crippen molar-refractivity contribution < 1.29 is 37.4 Å². The van der Waals surface area contributed by atoms with Crippen LogP contribution >= 0.6 is 0 Å². The van der Waals surface area contributed by atoms with Gasteiger partial charge in [0.05, 0.1) is 29.8 Å². The van der Waals surface area contributed by atoms with Crippen molar-refractivity contribution in [2.45, 2.75) is 245 Å². The second-order valence-corrected chi connectivity index (χ2v) is 32.4. The molecule has 2 aliphatic heterocycles. The average Bonchev–Trinajstić information content (AvgIpc) is 4.00. The lowest BCUT2D eigenvalue weighted by Crippen LogP contribution is -2.46. The van der Waals surface area contributed by atoms with E-state index in [0.29, 0.717) is 12.8 Å². The van der Waals surface area contributed by atoms with E-state index < -0.39 is 42.8 Å². The fraction of sp³-hybridized carbons (Fsp3) is 0.851. The lowest BCUT2D eigenvalue weighted by molar-refractivity contribution is -0.151. The van der Waals surface area contributed by atoms with Crippen molar-refractivity contribution in [3.05, 3.63) is 35.1 Å². The highest BCUT2D eigenvalue weighted by atomic mass is 28.4. The van der Waals surface area contributed by atoms with Gasteiger partial charge < -0.3 is 32.6 Å². The monoisotopic (exact) mass is 867 g/mol. The maximum atomic E-state index is 13.9. The molecule has 0 aromatic carbocycles. The number of carbonyl (C=O) groups is 1. The molecule has 11 heteroatoms. The summed E-state index contributed by atoms with van der Waals surface area (Å²) in [5.41, 5.74) is 1.08. The Hall–Kier alpha value is -1.06. The first-order chi connectivity index (χ1) is 27.3. The molecule has 0 radical (unpaired) electrons. The first-order valence-corrected chi connectivity index (χ1v) is 31.1. The number of epoxide rings is 1. The van der Waals surface area contributed by atoms with E-state index in [1.54, 1.807) is 7.11 Å². The van der Waals surface area contributed by atoms with Crippen molar-refractivity contribution in [1.29, 1.82) is 0 Å². The highest BCUT2D eigenvalue weighted by Crippen LogP contribution is 2.44. The number of ether oxygens (including phenoxy) is 3. The third-order valence-electron chi connectivity index (χ3n) is 14.8. The summed E-state index contributed by atoms with van der Waals surface area (Å²) in [4.78, 5) is 13.9. The van der Waals surface area contributed by atoms with E-state index in [9.17, 15) is 9.90 Å². The summed E-state index contributed by atoms with van der Waals surface area (Å²) in [6.07, 6.45) is 9.35. The Morgan fingerprint density at radius 3 is 1.95 bits per heavy atom. The van der Waals surface area contributed by atoms with Crippen LogP contribution in [-0.4, -0.2) is 84.9 Å². The number of esters is 1. The number of aliphatic hydroxyl groups excluding tert-OH is 1. The molecular weight excluding hydrogens is 777 g/mol. The molecule has 0 aromatic heterocycles. The highest BCUT2D eigenvalue weighted by Gasteiger charge is 2.47. The van der Waals surface area contributed by atoms with Crippen LogP contribution in [0.4, 0.5) is 0 Å². The van der Waals surface area contributed by atoms with E-state index in [0.717, 1.165) is 91.4 Å². The van der Waals surface area contributed by atoms with Crippen molar-refractivity contribution in [3.63, 3.8) is 0 Å².